The number of hydrogen-bond donors (Lipinski definition) is 1. The Morgan fingerprint density at radius 3 is 0.924 bits per heavy atom. The molecule has 0 spiro atoms. The molecule has 9 nitrogen and oxygen atoms in total. The molecule has 0 aromatic heterocycles. The summed E-state index contributed by atoms with van der Waals surface area (Å²) < 4.78 is 34.8. The van der Waals surface area contributed by atoms with Gasteiger partial charge in [-0.2, -0.15) is 0 Å². The molecule has 0 fully saturated rings. The lowest BCUT2D eigenvalue weighted by molar-refractivity contribution is -0.870. The molecule has 0 radical (unpaired) electrons. The largest absolute Gasteiger partial charge is 0.472 e. The first-order chi connectivity index (χ1) is 45.0. The summed E-state index contributed by atoms with van der Waals surface area (Å²) >= 11 is 0. The maximum Gasteiger partial charge on any atom is 0.472 e. The van der Waals surface area contributed by atoms with Crippen molar-refractivity contribution in [2.75, 3.05) is 47.5 Å². The van der Waals surface area contributed by atoms with Gasteiger partial charge < -0.3 is 18.9 Å². The van der Waals surface area contributed by atoms with Crippen LogP contribution in [-0.2, 0) is 32.7 Å². The number of esters is 2. The molecule has 0 aliphatic carbocycles. The van der Waals surface area contributed by atoms with Crippen LogP contribution in [0.5, 0.6) is 0 Å². The van der Waals surface area contributed by atoms with Crippen LogP contribution in [0, 0.1) is 0 Å². The normalized spacial score (nSPS) is 13.8. The van der Waals surface area contributed by atoms with E-state index in [4.69, 9.17) is 18.5 Å². The molecule has 0 aromatic carbocycles. The van der Waals surface area contributed by atoms with Crippen LogP contribution < -0.4 is 0 Å². The second-order valence-electron chi connectivity index (χ2n) is 26.3. The summed E-state index contributed by atoms with van der Waals surface area (Å²) in [7, 11) is 1.47. The van der Waals surface area contributed by atoms with Crippen LogP contribution in [0.25, 0.3) is 0 Å². The fourth-order valence-electron chi connectivity index (χ4n) is 10.4. The van der Waals surface area contributed by atoms with E-state index in [1.54, 1.807) is 0 Å². The average molecular weight is 1300 g/mol. The summed E-state index contributed by atoms with van der Waals surface area (Å²) in [6.45, 7) is 4.33. The number of nitrogens with zero attached hydrogens (tertiary/aromatic N) is 1. The van der Waals surface area contributed by atoms with Crippen LogP contribution in [0.2, 0.25) is 0 Å². The highest BCUT2D eigenvalue weighted by molar-refractivity contribution is 7.47. The molecule has 0 bridgehead atoms. The van der Waals surface area contributed by atoms with Crippen molar-refractivity contribution in [2.45, 2.75) is 328 Å². The standard InChI is InChI=1S/C82H142NO8P/c1-6-8-10-12-14-16-18-20-22-24-26-28-30-32-34-36-37-38-39-40-41-42-43-44-45-47-49-51-53-55-57-59-61-63-65-67-69-71-73-75-82(85)91-80(79-90-92(86,87)89-77-76-83(3,4)5)78-88-81(84)74-72-70-68-66-64-62-60-58-56-54-52-50-48-46-35-33-31-29-27-25-23-21-19-17-15-13-11-9-7-2/h8,10,14,16,19-22,25-28,31-34,37-38,40-41,43-44,80H,6-7,9,11-13,15,17-18,23-24,29-30,35-36,39,42,45-79H2,1-5H3/p+1/b10-8-,16-14-,21-19-,22-20-,27-25-,28-26-,33-31-,34-32-,38-37-,41-40-,44-43-. The van der Waals surface area contributed by atoms with Gasteiger partial charge in [0, 0.05) is 12.8 Å². The van der Waals surface area contributed by atoms with Gasteiger partial charge >= 0.3 is 19.8 Å². The maximum atomic E-state index is 12.9. The van der Waals surface area contributed by atoms with E-state index in [9.17, 15) is 19.0 Å². The molecule has 2 atom stereocenters. The van der Waals surface area contributed by atoms with Crippen molar-refractivity contribution < 1.29 is 42.1 Å². The molecule has 2 unspecified atom stereocenters. The number of phosphoric acid groups is 1. The van der Waals surface area contributed by atoms with Crippen LogP contribution >= 0.6 is 7.82 Å². The van der Waals surface area contributed by atoms with Gasteiger partial charge in [0.15, 0.2) is 6.10 Å². The predicted molar refractivity (Wildman–Crippen MR) is 399 cm³/mol. The number of carbonyl (C=O) groups excluding carboxylic acids is 2. The highest BCUT2D eigenvalue weighted by Gasteiger charge is 2.27. The number of likely N-dealkylation sites (N-methyl/N-ethyl adjacent to an activating group) is 1. The van der Waals surface area contributed by atoms with Gasteiger partial charge in [0.25, 0.3) is 0 Å². The first kappa shape index (κ1) is 88.2. The fourth-order valence-corrected chi connectivity index (χ4v) is 11.1. The molecule has 0 heterocycles. The van der Waals surface area contributed by atoms with Crippen molar-refractivity contribution in [1.29, 1.82) is 0 Å². The van der Waals surface area contributed by atoms with E-state index in [-0.39, 0.29) is 32.0 Å². The van der Waals surface area contributed by atoms with Crippen molar-refractivity contribution in [3.8, 4) is 0 Å². The summed E-state index contributed by atoms with van der Waals surface area (Å²) in [5.41, 5.74) is 0. The number of carbonyl (C=O) groups is 2. The molecule has 0 saturated carbocycles. The number of ether oxygens (including phenoxy) is 2. The Morgan fingerprint density at radius 1 is 0.348 bits per heavy atom. The molecule has 92 heavy (non-hydrogen) atoms. The molecule has 1 N–H and O–H groups in total. The Labute approximate surface area is 568 Å². The van der Waals surface area contributed by atoms with Crippen LogP contribution in [0.1, 0.15) is 322 Å². The molecule has 10 heteroatoms. The first-order valence-electron chi connectivity index (χ1n) is 37.9. The van der Waals surface area contributed by atoms with Gasteiger partial charge in [-0.15, -0.1) is 0 Å². The minimum absolute atomic E-state index is 0.0274. The average Bonchev–Trinajstić information content (AvgIpc) is 2.14. The zero-order valence-corrected chi connectivity index (χ0v) is 61.1. The highest BCUT2D eigenvalue weighted by atomic mass is 31.2. The zero-order chi connectivity index (χ0) is 66.9. The Hall–Kier alpha value is -3.85. The third-order valence-corrected chi connectivity index (χ3v) is 17.1. The van der Waals surface area contributed by atoms with Gasteiger partial charge in [-0.1, -0.05) is 327 Å². The van der Waals surface area contributed by atoms with Crippen molar-refractivity contribution in [3.05, 3.63) is 134 Å². The van der Waals surface area contributed by atoms with E-state index >= 15 is 0 Å². The lowest BCUT2D eigenvalue weighted by atomic mass is 10.0. The Balaban J connectivity index is 4.03. The van der Waals surface area contributed by atoms with E-state index in [0.717, 1.165) is 103 Å². The van der Waals surface area contributed by atoms with E-state index < -0.39 is 26.5 Å². The fraction of sp³-hybridized carbons (Fsp3) is 0.707. The van der Waals surface area contributed by atoms with E-state index in [2.05, 4.69) is 148 Å². The van der Waals surface area contributed by atoms with Crippen molar-refractivity contribution in [1.82, 2.24) is 0 Å². The molecule has 528 valence electrons. The first-order valence-corrected chi connectivity index (χ1v) is 39.4. The molecule has 0 aromatic rings. The number of unbranched alkanes of at least 4 members (excludes halogenated alkanes) is 33. The molecule has 0 aliphatic rings. The number of quaternary nitrogens is 1. The summed E-state index contributed by atoms with van der Waals surface area (Å²) in [6, 6.07) is 0. The van der Waals surface area contributed by atoms with Crippen LogP contribution in [-0.4, -0.2) is 74.9 Å². The molecular weight excluding hydrogens is 1160 g/mol. The van der Waals surface area contributed by atoms with Gasteiger partial charge in [0.2, 0.25) is 0 Å². The van der Waals surface area contributed by atoms with E-state index in [0.29, 0.717) is 17.4 Å². The second-order valence-corrected chi connectivity index (χ2v) is 27.8. The molecule has 0 saturated heterocycles. The Morgan fingerprint density at radius 2 is 0.620 bits per heavy atom. The topological polar surface area (TPSA) is 108 Å². The minimum Gasteiger partial charge on any atom is -0.462 e. The minimum atomic E-state index is -4.40. The summed E-state index contributed by atoms with van der Waals surface area (Å²) in [5.74, 6) is -0.794. The number of hydrogen-bond acceptors (Lipinski definition) is 7. The number of rotatable bonds is 69. The molecular formula is C82H143NO8P+. The van der Waals surface area contributed by atoms with E-state index in [1.165, 1.54) is 186 Å². The number of allylic oxidation sites excluding steroid dienone is 22. The summed E-state index contributed by atoms with van der Waals surface area (Å²) in [6.07, 6.45) is 104. The third kappa shape index (κ3) is 75.2. The lowest BCUT2D eigenvalue weighted by Crippen LogP contribution is -2.37. The van der Waals surface area contributed by atoms with Gasteiger partial charge in [-0.25, -0.2) is 4.57 Å². The zero-order valence-electron chi connectivity index (χ0n) is 60.2. The number of phosphoric ester groups is 1. The Kier molecular flexibility index (Phi) is 68.5. The van der Waals surface area contributed by atoms with Crippen LogP contribution in [0.15, 0.2) is 134 Å². The summed E-state index contributed by atoms with van der Waals surface area (Å²) in [4.78, 5) is 35.9. The lowest BCUT2D eigenvalue weighted by Gasteiger charge is -2.24. The highest BCUT2D eigenvalue weighted by Crippen LogP contribution is 2.43. The van der Waals surface area contributed by atoms with Crippen LogP contribution in [0.4, 0.5) is 0 Å². The monoisotopic (exact) mass is 1300 g/mol. The second kappa shape index (κ2) is 71.4. The van der Waals surface area contributed by atoms with Crippen molar-refractivity contribution >= 4 is 19.8 Å². The van der Waals surface area contributed by atoms with Gasteiger partial charge in [0.05, 0.1) is 27.7 Å². The maximum absolute atomic E-state index is 12.9. The van der Waals surface area contributed by atoms with Gasteiger partial charge in [0.1, 0.15) is 19.8 Å². The molecule has 0 amide bonds. The predicted octanol–water partition coefficient (Wildman–Crippen LogP) is 25.2. The van der Waals surface area contributed by atoms with Crippen molar-refractivity contribution in [2.24, 2.45) is 0 Å². The SMILES string of the molecule is CC/C=C\C/C=C\C/C=C\C/C=C\C/C=C\C/C=C\C/C=C\C/C=C\CCCCCCCCCCCCCCCCC(=O)OC(COC(=O)CCCCCCCCCCCCCCCC/C=C\C/C=C\C/C=C\CCCCCCC)COP(=O)(O)OCC[N+](C)(C)C. The molecule has 0 aliphatic heterocycles. The Bertz CT molecular complexity index is 2020. The third-order valence-electron chi connectivity index (χ3n) is 16.2. The molecule has 0 rings (SSSR count). The van der Waals surface area contributed by atoms with E-state index in [1.807, 2.05) is 21.1 Å². The smallest absolute Gasteiger partial charge is 0.462 e. The van der Waals surface area contributed by atoms with Crippen LogP contribution in [0.3, 0.4) is 0 Å². The van der Waals surface area contributed by atoms with Crippen molar-refractivity contribution in [3.63, 3.8) is 0 Å². The van der Waals surface area contributed by atoms with Gasteiger partial charge in [-0.05, 0) is 116 Å². The van der Waals surface area contributed by atoms with Gasteiger partial charge in [-0.3, -0.25) is 18.6 Å². The summed E-state index contributed by atoms with van der Waals surface area (Å²) in [5, 5.41) is 0. The quantitative estimate of drug-likeness (QED) is 0.0211.